The number of ketones is 2. The number of hydrogen-bond acceptors (Lipinski definition) is 6. The van der Waals surface area contributed by atoms with E-state index in [2.05, 4.69) is 44.1 Å². The molecule has 0 spiro atoms. The highest BCUT2D eigenvalue weighted by atomic mass is 16.2. The molecule has 0 bridgehead atoms. The summed E-state index contributed by atoms with van der Waals surface area (Å²) in [7, 11) is 0. The van der Waals surface area contributed by atoms with Crippen LogP contribution in [0.2, 0.25) is 0 Å². The monoisotopic (exact) mass is 417 g/mol. The highest BCUT2D eigenvalue weighted by Crippen LogP contribution is 2.26. The van der Waals surface area contributed by atoms with Gasteiger partial charge < -0.3 is 19.7 Å². The van der Waals surface area contributed by atoms with Crippen molar-refractivity contribution >= 4 is 34.1 Å². The van der Waals surface area contributed by atoms with Crippen LogP contribution < -0.4 is 15.1 Å². The first-order valence-electron chi connectivity index (χ1n) is 10.9. The van der Waals surface area contributed by atoms with Gasteiger partial charge in [-0.3, -0.25) is 9.59 Å². The van der Waals surface area contributed by atoms with Crippen LogP contribution in [0.15, 0.2) is 48.7 Å². The molecule has 7 nitrogen and oxygen atoms in total. The van der Waals surface area contributed by atoms with Crippen molar-refractivity contribution in [2.45, 2.75) is 19.4 Å². The molecule has 160 valence electrons. The first-order chi connectivity index (χ1) is 15.1. The van der Waals surface area contributed by atoms with E-state index in [-0.39, 0.29) is 0 Å². The lowest BCUT2D eigenvalue weighted by atomic mass is 10.1. The van der Waals surface area contributed by atoms with E-state index >= 15 is 0 Å². The van der Waals surface area contributed by atoms with Crippen LogP contribution in [0.3, 0.4) is 0 Å². The summed E-state index contributed by atoms with van der Waals surface area (Å²) in [5.41, 5.74) is 2.60. The van der Waals surface area contributed by atoms with Crippen molar-refractivity contribution in [3.05, 3.63) is 54.2 Å². The summed E-state index contributed by atoms with van der Waals surface area (Å²) in [6.07, 6.45) is 3.31. The van der Waals surface area contributed by atoms with Gasteiger partial charge in [0.15, 0.2) is 5.78 Å². The van der Waals surface area contributed by atoms with Crippen molar-refractivity contribution < 1.29 is 9.59 Å². The number of carbonyl (C=O) groups excluding carboxylic acids is 2. The maximum atomic E-state index is 11.8. The molecule has 3 aromatic rings. The standard InChI is InChI=1S/C24H27N5O2/c1-17(30)23(31)18-2-5-20(6-3-18)27-12-14-28(15-13-27)22-7-4-19-9-11-29(24(19)26-22)21-8-10-25-16-21/h2-7,9,11,21,25H,8,10,12-16H2,1H3/t21-/m0/s1. The Labute approximate surface area is 181 Å². The Morgan fingerprint density at radius 2 is 1.71 bits per heavy atom. The number of fused-ring (bicyclic) bond motifs is 1. The van der Waals surface area contributed by atoms with Gasteiger partial charge in [0.1, 0.15) is 11.5 Å². The zero-order valence-corrected chi connectivity index (χ0v) is 17.8. The molecule has 0 amide bonds. The number of Topliss-reactive ketones (excluding diaryl/α,β-unsaturated/α-hetero) is 2. The van der Waals surface area contributed by atoms with Crippen molar-refractivity contribution in [3.63, 3.8) is 0 Å². The molecule has 31 heavy (non-hydrogen) atoms. The van der Waals surface area contributed by atoms with Crippen LogP contribution in [0.4, 0.5) is 11.5 Å². The number of carbonyl (C=O) groups is 2. The molecule has 7 heteroatoms. The van der Waals surface area contributed by atoms with Crippen molar-refractivity contribution in [2.24, 2.45) is 0 Å². The van der Waals surface area contributed by atoms with E-state index in [4.69, 9.17) is 4.98 Å². The molecule has 0 unspecified atom stereocenters. The Balaban J connectivity index is 1.28. The average molecular weight is 418 g/mol. The lowest BCUT2D eigenvalue weighted by Gasteiger charge is -2.36. The molecule has 0 saturated carbocycles. The summed E-state index contributed by atoms with van der Waals surface area (Å²) < 4.78 is 2.32. The maximum Gasteiger partial charge on any atom is 0.228 e. The van der Waals surface area contributed by atoms with Gasteiger partial charge in [0, 0.05) is 68.5 Å². The van der Waals surface area contributed by atoms with Crippen molar-refractivity contribution in [2.75, 3.05) is 49.1 Å². The van der Waals surface area contributed by atoms with Gasteiger partial charge in [-0.2, -0.15) is 0 Å². The van der Waals surface area contributed by atoms with E-state index in [0.717, 1.165) is 62.8 Å². The molecule has 2 aliphatic rings. The Morgan fingerprint density at radius 1 is 0.968 bits per heavy atom. The second-order valence-corrected chi connectivity index (χ2v) is 8.36. The fourth-order valence-electron chi connectivity index (χ4n) is 4.59. The van der Waals surface area contributed by atoms with Crippen molar-refractivity contribution in [1.82, 2.24) is 14.9 Å². The minimum absolute atomic E-state index is 0.429. The minimum Gasteiger partial charge on any atom is -0.368 e. The highest BCUT2D eigenvalue weighted by molar-refractivity contribution is 6.42. The van der Waals surface area contributed by atoms with E-state index in [1.54, 1.807) is 12.1 Å². The minimum atomic E-state index is -0.434. The third-order valence-corrected chi connectivity index (χ3v) is 6.40. The first kappa shape index (κ1) is 19.8. The van der Waals surface area contributed by atoms with Crippen LogP contribution in [0.1, 0.15) is 29.7 Å². The zero-order chi connectivity index (χ0) is 21.4. The molecule has 2 aliphatic heterocycles. The number of nitrogens with zero attached hydrogens (tertiary/aromatic N) is 4. The van der Waals surface area contributed by atoms with E-state index in [9.17, 15) is 9.59 Å². The summed E-state index contributed by atoms with van der Waals surface area (Å²) in [5.74, 6) is 0.164. The van der Waals surface area contributed by atoms with Crippen molar-refractivity contribution in [1.29, 1.82) is 0 Å². The van der Waals surface area contributed by atoms with Crippen LogP contribution in [0.25, 0.3) is 11.0 Å². The predicted molar refractivity (Wildman–Crippen MR) is 122 cm³/mol. The number of anilines is 2. The van der Waals surface area contributed by atoms with Crippen LogP contribution in [-0.4, -0.2) is 60.4 Å². The molecule has 2 saturated heterocycles. The summed E-state index contributed by atoms with van der Waals surface area (Å²) in [6.45, 7) is 6.92. The number of pyridine rings is 1. The smallest absolute Gasteiger partial charge is 0.228 e. The third-order valence-electron chi connectivity index (χ3n) is 6.40. The normalized spacial score (nSPS) is 19.2. The number of piperazine rings is 1. The Bertz CT molecular complexity index is 1110. The fraction of sp³-hybridized carbons (Fsp3) is 0.375. The highest BCUT2D eigenvalue weighted by Gasteiger charge is 2.22. The molecule has 0 radical (unpaired) electrons. The quantitative estimate of drug-likeness (QED) is 0.508. The number of benzene rings is 1. The van der Waals surface area contributed by atoms with Gasteiger partial charge >= 0.3 is 0 Å². The summed E-state index contributed by atoms with van der Waals surface area (Å²) in [5, 5.41) is 4.63. The second kappa shape index (κ2) is 8.15. The van der Waals surface area contributed by atoms with E-state index in [1.165, 1.54) is 12.3 Å². The largest absolute Gasteiger partial charge is 0.368 e. The molecule has 4 heterocycles. The molecular weight excluding hydrogens is 390 g/mol. The van der Waals surface area contributed by atoms with Gasteiger partial charge in [0.25, 0.3) is 0 Å². The molecule has 0 aliphatic carbocycles. The molecule has 2 fully saturated rings. The molecular formula is C24H27N5O2. The SMILES string of the molecule is CC(=O)C(=O)c1ccc(N2CCN(c3ccc4ccn([C@H]5CCNC5)c4n3)CC2)cc1. The number of nitrogens with one attached hydrogen (secondary N) is 1. The van der Waals surface area contributed by atoms with Gasteiger partial charge in [-0.15, -0.1) is 0 Å². The summed E-state index contributed by atoms with van der Waals surface area (Å²) in [6, 6.07) is 14.3. The first-order valence-corrected chi connectivity index (χ1v) is 10.9. The summed E-state index contributed by atoms with van der Waals surface area (Å²) in [4.78, 5) is 32.8. The van der Waals surface area contributed by atoms with Crippen molar-refractivity contribution in [3.8, 4) is 0 Å². The van der Waals surface area contributed by atoms with Gasteiger partial charge in [0.2, 0.25) is 5.78 Å². The van der Waals surface area contributed by atoms with Gasteiger partial charge in [0.05, 0.1) is 0 Å². The second-order valence-electron chi connectivity index (χ2n) is 8.36. The van der Waals surface area contributed by atoms with E-state index in [0.29, 0.717) is 11.6 Å². The molecule has 2 aromatic heterocycles. The predicted octanol–water partition coefficient (Wildman–Crippen LogP) is 2.67. The molecule has 1 N–H and O–H groups in total. The van der Waals surface area contributed by atoms with Gasteiger partial charge in [-0.1, -0.05) is 0 Å². The third kappa shape index (κ3) is 3.81. The Hall–Kier alpha value is -3.19. The lowest BCUT2D eigenvalue weighted by molar-refractivity contribution is -0.113. The zero-order valence-electron chi connectivity index (χ0n) is 17.8. The maximum absolute atomic E-state index is 11.8. The molecule has 1 atom stereocenters. The van der Waals surface area contributed by atoms with Crippen LogP contribution >= 0.6 is 0 Å². The fourth-order valence-corrected chi connectivity index (χ4v) is 4.59. The number of aromatic nitrogens is 2. The van der Waals surface area contributed by atoms with E-state index in [1.807, 2.05) is 12.1 Å². The number of hydrogen-bond donors (Lipinski definition) is 1. The van der Waals surface area contributed by atoms with Crippen LogP contribution in [0, 0.1) is 0 Å². The number of rotatable bonds is 5. The molecule has 1 aromatic carbocycles. The van der Waals surface area contributed by atoms with Gasteiger partial charge in [-0.25, -0.2) is 4.98 Å². The topological polar surface area (TPSA) is 70.5 Å². The van der Waals surface area contributed by atoms with Gasteiger partial charge in [-0.05, 0) is 55.4 Å². The van der Waals surface area contributed by atoms with Crippen LogP contribution in [0.5, 0.6) is 0 Å². The lowest BCUT2D eigenvalue weighted by Crippen LogP contribution is -2.46. The Morgan fingerprint density at radius 3 is 2.39 bits per heavy atom. The molecule has 5 rings (SSSR count). The average Bonchev–Trinajstić information content (AvgIpc) is 3.48. The Kier molecular flexibility index (Phi) is 5.19. The summed E-state index contributed by atoms with van der Waals surface area (Å²) >= 11 is 0. The van der Waals surface area contributed by atoms with Crippen LogP contribution in [-0.2, 0) is 4.79 Å². The van der Waals surface area contributed by atoms with E-state index < -0.39 is 11.6 Å².